The Hall–Kier alpha value is -2.05. The Bertz CT molecular complexity index is 765. The number of hydrogen-bond acceptors (Lipinski definition) is 4. The molecule has 2 heterocycles. The number of aromatic nitrogens is 2. The van der Waals surface area contributed by atoms with Crippen LogP contribution in [0.15, 0.2) is 36.7 Å². The van der Waals surface area contributed by atoms with Gasteiger partial charge in [-0.2, -0.15) is 5.10 Å². The third-order valence-corrected chi connectivity index (χ3v) is 5.56. The van der Waals surface area contributed by atoms with Gasteiger partial charge in [-0.05, 0) is 55.8 Å². The number of amides is 1. The van der Waals surface area contributed by atoms with Gasteiger partial charge < -0.3 is 15.0 Å². The normalized spacial score (nSPS) is 17.2. The van der Waals surface area contributed by atoms with Gasteiger partial charge in [-0.25, -0.2) is 0 Å². The largest absolute Gasteiger partial charge is 0.497 e. The van der Waals surface area contributed by atoms with Crippen LogP contribution in [0.5, 0.6) is 5.75 Å². The lowest BCUT2D eigenvalue weighted by Crippen LogP contribution is -2.45. The Labute approximate surface area is 172 Å². The summed E-state index contributed by atoms with van der Waals surface area (Å²) < 4.78 is 7.00. The minimum absolute atomic E-state index is 0. The van der Waals surface area contributed by atoms with Crippen molar-refractivity contribution >= 4 is 18.3 Å². The summed E-state index contributed by atoms with van der Waals surface area (Å²) in [6.07, 6.45) is 8.37. The molecule has 0 spiro atoms. The van der Waals surface area contributed by atoms with Gasteiger partial charge >= 0.3 is 0 Å². The van der Waals surface area contributed by atoms with Gasteiger partial charge in [0.1, 0.15) is 5.75 Å². The van der Waals surface area contributed by atoms with Crippen LogP contribution in [0, 0.1) is 5.92 Å². The second kappa shape index (κ2) is 9.43. The van der Waals surface area contributed by atoms with E-state index < -0.39 is 0 Å². The van der Waals surface area contributed by atoms with Crippen molar-refractivity contribution in [1.29, 1.82) is 0 Å². The number of benzene rings is 1. The van der Waals surface area contributed by atoms with E-state index in [0.29, 0.717) is 18.2 Å². The van der Waals surface area contributed by atoms with Gasteiger partial charge in [0.2, 0.25) is 0 Å². The summed E-state index contributed by atoms with van der Waals surface area (Å²) in [5.74, 6) is 1.84. The molecule has 0 unspecified atom stereocenters. The van der Waals surface area contributed by atoms with E-state index in [1.807, 2.05) is 40.0 Å². The molecule has 1 aliphatic carbocycles. The lowest BCUT2D eigenvalue weighted by atomic mass is 10.0. The average molecular weight is 405 g/mol. The standard InChI is InChI=1S/C21H28N4O2.ClH/c1-27-20-6-4-17(5-7-20)14-25-15-18(13-23-25)21(26)24-10-8-19(9-11-24)22-12-16-2-3-16;/h4-7,13,15-16,19,22H,2-3,8-12,14H2,1H3;1H. The first-order valence-corrected chi connectivity index (χ1v) is 9.89. The molecule has 1 saturated heterocycles. The third kappa shape index (κ3) is 5.26. The Balaban J connectivity index is 0.00000225. The zero-order valence-corrected chi connectivity index (χ0v) is 17.2. The molecular formula is C21H29ClN4O2. The number of rotatable bonds is 7. The zero-order valence-electron chi connectivity index (χ0n) is 16.3. The van der Waals surface area contributed by atoms with Crippen LogP contribution in [0.3, 0.4) is 0 Å². The zero-order chi connectivity index (χ0) is 18.6. The van der Waals surface area contributed by atoms with Crippen molar-refractivity contribution < 1.29 is 9.53 Å². The van der Waals surface area contributed by atoms with Gasteiger partial charge in [-0.3, -0.25) is 9.48 Å². The molecule has 4 rings (SSSR count). The minimum Gasteiger partial charge on any atom is -0.497 e. The van der Waals surface area contributed by atoms with E-state index in [1.165, 1.54) is 12.8 Å². The van der Waals surface area contributed by atoms with Crippen LogP contribution in [-0.2, 0) is 6.54 Å². The molecule has 2 fully saturated rings. The van der Waals surface area contributed by atoms with Crippen molar-refractivity contribution in [1.82, 2.24) is 20.0 Å². The number of methoxy groups -OCH3 is 1. The Morgan fingerprint density at radius 3 is 2.54 bits per heavy atom. The fourth-order valence-corrected chi connectivity index (χ4v) is 3.60. The number of nitrogens with one attached hydrogen (secondary N) is 1. The van der Waals surface area contributed by atoms with E-state index in [4.69, 9.17) is 4.74 Å². The van der Waals surface area contributed by atoms with E-state index >= 15 is 0 Å². The summed E-state index contributed by atoms with van der Waals surface area (Å²) in [7, 11) is 1.66. The first kappa shape index (κ1) is 20.7. The van der Waals surface area contributed by atoms with E-state index in [9.17, 15) is 4.79 Å². The van der Waals surface area contributed by atoms with Gasteiger partial charge in [0.05, 0.1) is 25.4 Å². The van der Waals surface area contributed by atoms with E-state index in [0.717, 1.165) is 49.7 Å². The van der Waals surface area contributed by atoms with E-state index in [1.54, 1.807) is 13.3 Å². The number of likely N-dealkylation sites (tertiary alicyclic amines) is 1. The third-order valence-electron chi connectivity index (χ3n) is 5.56. The molecule has 1 N–H and O–H groups in total. The quantitative estimate of drug-likeness (QED) is 0.770. The maximum atomic E-state index is 12.8. The monoisotopic (exact) mass is 404 g/mol. The molecule has 0 bridgehead atoms. The van der Waals surface area contributed by atoms with Gasteiger partial charge in [0.25, 0.3) is 5.91 Å². The Morgan fingerprint density at radius 2 is 1.89 bits per heavy atom. The fraction of sp³-hybridized carbons (Fsp3) is 0.524. The molecule has 1 saturated carbocycles. The van der Waals surface area contributed by atoms with Crippen LogP contribution in [0.25, 0.3) is 0 Å². The van der Waals surface area contributed by atoms with Crippen molar-refractivity contribution in [3.63, 3.8) is 0 Å². The van der Waals surface area contributed by atoms with Crippen molar-refractivity contribution in [2.75, 3.05) is 26.7 Å². The Kier molecular flexibility index (Phi) is 6.97. The van der Waals surface area contributed by atoms with Gasteiger partial charge in [0, 0.05) is 25.3 Å². The predicted octanol–water partition coefficient (Wildman–Crippen LogP) is 2.97. The Morgan fingerprint density at radius 1 is 1.18 bits per heavy atom. The lowest BCUT2D eigenvalue weighted by Gasteiger charge is -2.32. The summed E-state index contributed by atoms with van der Waals surface area (Å²) in [5.41, 5.74) is 1.80. The summed E-state index contributed by atoms with van der Waals surface area (Å²) in [6.45, 7) is 3.44. The van der Waals surface area contributed by atoms with Crippen LogP contribution >= 0.6 is 12.4 Å². The van der Waals surface area contributed by atoms with Gasteiger partial charge in [-0.1, -0.05) is 12.1 Å². The molecule has 2 aromatic rings. The van der Waals surface area contributed by atoms with Crippen molar-refractivity contribution in [2.24, 2.45) is 5.92 Å². The smallest absolute Gasteiger partial charge is 0.257 e. The van der Waals surface area contributed by atoms with E-state index in [2.05, 4.69) is 10.4 Å². The van der Waals surface area contributed by atoms with Crippen LogP contribution in [0.2, 0.25) is 0 Å². The van der Waals surface area contributed by atoms with Crippen LogP contribution < -0.4 is 10.1 Å². The molecule has 7 heteroatoms. The van der Waals surface area contributed by atoms with Crippen LogP contribution in [0.4, 0.5) is 0 Å². The lowest BCUT2D eigenvalue weighted by molar-refractivity contribution is 0.0705. The minimum atomic E-state index is 0. The van der Waals surface area contributed by atoms with Gasteiger partial charge in [0.15, 0.2) is 0 Å². The molecule has 152 valence electrons. The molecule has 0 atom stereocenters. The second-order valence-corrected chi connectivity index (χ2v) is 7.69. The molecule has 1 amide bonds. The van der Waals surface area contributed by atoms with Crippen molar-refractivity contribution in [3.05, 3.63) is 47.8 Å². The SMILES string of the molecule is COc1ccc(Cn2cc(C(=O)N3CCC(NCC4CC4)CC3)cn2)cc1.Cl. The molecule has 6 nitrogen and oxygen atoms in total. The van der Waals surface area contributed by atoms with Crippen LogP contribution in [-0.4, -0.2) is 53.4 Å². The highest BCUT2D eigenvalue weighted by Gasteiger charge is 2.26. The fourth-order valence-electron chi connectivity index (χ4n) is 3.60. The summed E-state index contributed by atoms with van der Waals surface area (Å²) in [6, 6.07) is 8.47. The van der Waals surface area contributed by atoms with E-state index in [-0.39, 0.29) is 18.3 Å². The number of hydrogen-bond donors (Lipinski definition) is 1. The second-order valence-electron chi connectivity index (χ2n) is 7.69. The predicted molar refractivity (Wildman–Crippen MR) is 111 cm³/mol. The molecule has 2 aliphatic rings. The maximum absolute atomic E-state index is 12.8. The van der Waals surface area contributed by atoms with Gasteiger partial charge in [-0.15, -0.1) is 12.4 Å². The molecule has 0 radical (unpaired) electrons. The molecule has 1 aromatic heterocycles. The molecular weight excluding hydrogens is 376 g/mol. The molecule has 1 aromatic carbocycles. The number of halogens is 1. The van der Waals surface area contributed by atoms with Crippen molar-refractivity contribution in [3.8, 4) is 5.75 Å². The van der Waals surface area contributed by atoms with Crippen molar-refractivity contribution in [2.45, 2.75) is 38.3 Å². The highest BCUT2D eigenvalue weighted by molar-refractivity contribution is 5.93. The number of carbonyl (C=O) groups is 1. The number of ether oxygens (including phenoxy) is 1. The number of nitrogens with zero attached hydrogens (tertiary/aromatic N) is 3. The molecule has 28 heavy (non-hydrogen) atoms. The highest BCUT2D eigenvalue weighted by atomic mass is 35.5. The molecule has 1 aliphatic heterocycles. The summed E-state index contributed by atoms with van der Waals surface area (Å²) in [5, 5.41) is 8.03. The summed E-state index contributed by atoms with van der Waals surface area (Å²) >= 11 is 0. The average Bonchev–Trinajstić information content (AvgIpc) is 3.43. The number of piperidine rings is 1. The summed E-state index contributed by atoms with van der Waals surface area (Å²) in [4.78, 5) is 14.7. The van der Waals surface area contributed by atoms with Crippen LogP contribution in [0.1, 0.15) is 41.6 Å². The number of carbonyl (C=O) groups excluding carboxylic acids is 1. The highest BCUT2D eigenvalue weighted by Crippen LogP contribution is 2.28. The topological polar surface area (TPSA) is 59.4 Å². The maximum Gasteiger partial charge on any atom is 0.257 e. The first-order valence-electron chi connectivity index (χ1n) is 9.89. The first-order chi connectivity index (χ1) is 13.2.